The fourth-order valence-corrected chi connectivity index (χ4v) is 3.02. The highest BCUT2D eigenvalue weighted by Gasteiger charge is 2.21. The second-order valence-corrected chi connectivity index (χ2v) is 5.79. The van der Waals surface area contributed by atoms with E-state index in [0.717, 1.165) is 18.5 Å². The average molecular weight is 323 g/mol. The summed E-state index contributed by atoms with van der Waals surface area (Å²) in [6, 6.07) is 4.60. The highest BCUT2D eigenvalue weighted by atomic mass is 35.5. The number of hydrogen-bond donors (Lipinski definition) is 0. The number of hydrogen-bond acceptors (Lipinski definition) is 3. The van der Waals surface area contributed by atoms with Crippen molar-refractivity contribution < 1.29 is 4.79 Å². The molecule has 2 aromatic heterocycles. The number of Topliss-reactive ketones (excluding diaryl/α,β-unsaturated/α-hetero) is 1. The van der Waals surface area contributed by atoms with E-state index in [4.69, 9.17) is 23.2 Å². The number of carbonyl (C=O) groups excluding carboxylic acids is 1. The number of halogens is 2. The molecule has 1 aliphatic carbocycles. The predicted octanol–water partition coefficient (Wildman–Crippen LogP) is 3.12. The van der Waals surface area contributed by atoms with Crippen LogP contribution in [0.3, 0.4) is 0 Å². The Morgan fingerprint density at radius 1 is 1.19 bits per heavy atom. The van der Waals surface area contributed by atoms with Crippen molar-refractivity contribution in [2.45, 2.75) is 25.8 Å². The van der Waals surface area contributed by atoms with Gasteiger partial charge in [-0.1, -0.05) is 23.2 Å². The standard InChI is InChI=1S/C15H12Cl2N2O2/c16-11-6-14(17)18-7-9(11)8-19-12-2-1-3-13(20)10(12)4-5-15(19)21/h4-7H,1-3,8H2. The van der Waals surface area contributed by atoms with Crippen LogP contribution >= 0.6 is 23.2 Å². The molecule has 3 rings (SSSR count). The Kier molecular flexibility index (Phi) is 3.83. The zero-order valence-corrected chi connectivity index (χ0v) is 12.6. The molecule has 0 radical (unpaired) electrons. The van der Waals surface area contributed by atoms with Crippen molar-refractivity contribution in [2.24, 2.45) is 0 Å². The summed E-state index contributed by atoms with van der Waals surface area (Å²) < 4.78 is 1.60. The van der Waals surface area contributed by atoms with E-state index in [2.05, 4.69) is 4.98 Å². The van der Waals surface area contributed by atoms with Crippen molar-refractivity contribution in [2.75, 3.05) is 0 Å². The quantitative estimate of drug-likeness (QED) is 0.798. The van der Waals surface area contributed by atoms with E-state index >= 15 is 0 Å². The first-order valence-electron chi connectivity index (χ1n) is 6.62. The minimum atomic E-state index is -0.144. The van der Waals surface area contributed by atoms with E-state index < -0.39 is 0 Å². The van der Waals surface area contributed by atoms with Crippen molar-refractivity contribution in [1.82, 2.24) is 9.55 Å². The minimum Gasteiger partial charge on any atom is -0.307 e. The van der Waals surface area contributed by atoms with Crippen LogP contribution < -0.4 is 5.56 Å². The number of aromatic nitrogens is 2. The lowest BCUT2D eigenvalue weighted by Gasteiger charge is -2.20. The SMILES string of the molecule is O=C1CCCc2c1ccc(=O)n2Cc1cnc(Cl)cc1Cl. The van der Waals surface area contributed by atoms with Gasteiger partial charge in [0.1, 0.15) is 5.15 Å². The molecular formula is C15H12Cl2N2O2. The highest BCUT2D eigenvalue weighted by Crippen LogP contribution is 2.23. The van der Waals surface area contributed by atoms with Gasteiger partial charge in [0.25, 0.3) is 5.56 Å². The summed E-state index contributed by atoms with van der Waals surface area (Å²) in [5, 5.41) is 0.767. The summed E-state index contributed by atoms with van der Waals surface area (Å²) >= 11 is 11.9. The Labute approximate surface area is 131 Å². The van der Waals surface area contributed by atoms with Gasteiger partial charge in [-0.3, -0.25) is 9.59 Å². The van der Waals surface area contributed by atoms with Gasteiger partial charge < -0.3 is 4.57 Å². The first-order valence-corrected chi connectivity index (χ1v) is 7.37. The molecule has 0 amide bonds. The second-order valence-electron chi connectivity index (χ2n) is 4.99. The lowest BCUT2D eigenvalue weighted by Crippen LogP contribution is -2.28. The average Bonchev–Trinajstić information content (AvgIpc) is 2.44. The van der Waals surface area contributed by atoms with Crippen molar-refractivity contribution in [1.29, 1.82) is 0 Å². The first-order chi connectivity index (χ1) is 10.1. The van der Waals surface area contributed by atoms with E-state index in [0.29, 0.717) is 27.7 Å². The number of carbonyl (C=O) groups is 1. The third kappa shape index (κ3) is 2.74. The smallest absolute Gasteiger partial charge is 0.251 e. The molecule has 2 aromatic rings. The van der Waals surface area contributed by atoms with Crippen LogP contribution in [0.2, 0.25) is 10.2 Å². The van der Waals surface area contributed by atoms with Crippen LogP contribution in [0.15, 0.2) is 29.2 Å². The largest absolute Gasteiger partial charge is 0.307 e. The Morgan fingerprint density at radius 3 is 2.76 bits per heavy atom. The van der Waals surface area contributed by atoms with Gasteiger partial charge in [0, 0.05) is 35.5 Å². The van der Waals surface area contributed by atoms with Crippen LogP contribution in [0, 0.1) is 0 Å². The Balaban J connectivity index is 2.08. The van der Waals surface area contributed by atoms with Crippen molar-refractivity contribution >= 4 is 29.0 Å². The first kappa shape index (κ1) is 14.3. The molecule has 6 heteroatoms. The maximum atomic E-state index is 12.1. The lowest BCUT2D eigenvalue weighted by molar-refractivity contribution is 0.0970. The Morgan fingerprint density at radius 2 is 2.00 bits per heavy atom. The minimum absolute atomic E-state index is 0.0883. The van der Waals surface area contributed by atoms with Crippen molar-refractivity contribution in [3.8, 4) is 0 Å². The fraction of sp³-hybridized carbons (Fsp3) is 0.267. The highest BCUT2D eigenvalue weighted by molar-refractivity contribution is 6.34. The number of fused-ring (bicyclic) bond motifs is 1. The van der Waals surface area contributed by atoms with Gasteiger partial charge in [0.15, 0.2) is 5.78 Å². The zero-order chi connectivity index (χ0) is 15.0. The molecular weight excluding hydrogens is 311 g/mol. The molecule has 0 aliphatic heterocycles. The molecule has 1 aliphatic rings. The Hall–Kier alpha value is -1.65. The molecule has 0 fully saturated rings. The molecule has 0 spiro atoms. The van der Waals surface area contributed by atoms with Crippen LogP contribution in [-0.2, 0) is 13.0 Å². The van der Waals surface area contributed by atoms with Gasteiger partial charge >= 0.3 is 0 Å². The summed E-state index contributed by atoms with van der Waals surface area (Å²) in [6.45, 7) is 0.290. The molecule has 21 heavy (non-hydrogen) atoms. The predicted molar refractivity (Wildman–Crippen MR) is 81.3 cm³/mol. The van der Waals surface area contributed by atoms with Crippen LogP contribution in [0.25, 0.3) is 0 Å². The molecule has 0 bridgehead atoms. The summed E-state index contributed by atoms with van der Waals surface area (Å²) in [5.41, 5.74) is 1.98. The molecule has 0 N–H and O–H groups in total. The molecule has 4 nitrogen and oxygen atoms in total. The van der Waals surface area contributed by atoms with Crippen LogP contribution in [0.5, 0.6) is 0 Å². The van der Waals surface area contributed by atoms with Gasteiger partial charge in [-0.15, -0.1) is 0 Å². The molecule has 0 unspecified atom stereocenters. The van der Waals surface area contributed by atoms with E-state index in [1.807, 2.05) is 0 Å². The van der Waals surface area contributed by atoms with E-state index in [1.54, 1.807) is 22.9 Å². The molecule has 0 aromatic carbocycles. The second kappa shape index (κ2) is 5.62. The van der Waals surface area contributed by atoms with Gasteiger partial charge in [0.2, 0.25) is 0 Å². The van der Waals surface area contributed by atoms with E-state index in [1.165, 1.54) is 6.07 Å². The molecule has 0 atom stereocenters. The van der Waals surface area contributed by atoms with Crippen LogP contribution in [-0.4, -0.2) is 15.3 Å². The number of pyridine rings is 2. The molecule has 0 saturated carbocycles. The zero-order valence-electron chi connectivity index (χ0n) is 11.1. The molecule has 2 heterocycles. The number of ketones is 1. The summed E-state index contributed by atoms with van der Waals surface area (Å²) in [7, 11) is 0. The summed E-state index contributed by atoms with van der Waals surface area (Å²) in [6.07, 6.45) is 3.58. The van der Waals surface area contributed by atoms with Crippen molar-refractivity contribution in [3.05, 3.63) is 61.7 Å². The number of rotatable bonds is 2. The van der Waals surface area contributed by atoms with Crippen molar-refractivity contribution in [3.63, 3.8) is 0 Å². The maximum absolute atomic E-state index is 12.1. The van der Waals surface area contributed by atoms with E-state index in [9.17, 15) is 9.59 Å². The van der Waals surface area contributed by atoms with E-state index in [-0.39, 0.29) is 17.9 Å². The maximum Gasteiger partial charge on any atom is 0.251 e. The van der Waals surface area contributed by atoms with Gasteiger partial charge in [-0.2, -0.15) is 0 Å². The normalized spacial score (nSPS) is 14.1. The monoisotopic (exact) mass is 322 g/mol. The number of nitrogens with zero attached hydrogens (tertiary/aromatic N) is 2. The fourth-order valence-electron chi connectivity index (χ4n) is 2.59. The van der Waals surface area contributed by atoms with Gasteiger partial charge in [0.05, 0.1) is 11.6 Å². The summed E-state index contributed by atoms with van der Waals surface area (Å²) in [5.74, 6) is 0.0883. The topological polar surface area (TPSA) is 52.0 Å². The lowest BCUT2D eigenvalue weighted by atomic mass is 9.94. The van der Waals surface area contributed by atoms with Gasteiger partial charge in [-0.05, 0) is 25.0 Å². The third-order valence-corrected chi connectivity index (χ3v) is 4.20. The summed E-state index contributed by atoms with van der Waals surface area (Å²) in [4.78, 5) is 28.1. The Bertz CT molecular complexity index is 784. The van der Waals surface area contributed by atoms with Crippen LogP contribution in [0.1, 0.15) is 34.5 Å². The molecule has 0 saturated heterocycles. The van der Waals surface area contributed by atoms with Gasteiger partial charge in [-0.25, -0.2) is 4.98 Å². The molecule has 108 valence electrons. The third-order valence-electron chi connectivity index (χ3n) is 3.64. The van der Waals surface area contributed by atoms with Crippen LogP contribution in [0.4, 0.5) is 0 Å².